The van der Waals surface area contributed by atoms with Gasteiger partial charge in [-0.2, -0.15) is 0 Å². The molecule has 0 aliphatic carbocycles. The summed E-state index contributed by atoms with van der Waals surface area (Å²) in [5, 5.41) is 0. The average Bonchev–Trinajstić information content (AvgIpc) is 2.72. The zero-order valence-corrected chi connectivity index (χ0v) is 12.4. The summed E-state index contributed by atoms with van der Waals surface area (Å²) >= 11 is 0. The maximum Gasteiger partial charge on any atom is 0.225 e. The summed E-state index contributed by atoms with van der Waals surface area (Å²) in [6, 6.07) is 0.636. The first-order chi connectivity index (χ1) is 8.43. The molecule has 1 atom stereocenters. The number of nitrogens with zero attached hydrogens (tertiary/aromatic N) is 2. The van der Waals surface area contributed by atoms with Crippen LogP contribution >= 0.6 is 0 Å². The van der Waals surface area contributed by atoms with Crippen LogP contribution in [0.3, 0.4) is 0 Å². The first-order valence-corrected chi connectivity index (χ1v) is 7.46. The van der Waals surface area contributed by atoms with Crippen molar-refractivity contribution < 1.29 is 4.79 Å². The van der Waals surface area contributed by atoms with Crippen LogP contribution in [0.15, 0.2) is 0 Å². The lowest BCUT2D eigenvalue weighted by atomic mass is 9.79. The van der Waals surface area contributed by atoms with E-state index < -0.39 is 0 Å². The number of carbonyl (C=O) groups is 1. The van der Waals surface area contributed by atoms with Crippen molar-refractivity contribution in [2.45, 2.75) is 53.0 Å². The number of hydrogen-bond acceptors (Lipinski definition) is 2. The van der Waals surface area contributed by atoms with E-state index in [1.807, 2.05) is 13.8 Å². The standard InChI is InChI=1S/C15H28N2O/c1-12(2)14(18)17-9-7-15(11-17)6-5-8-16(10-15)13(3)4/h12-13H,5-11H2,1-4H3. The number of carbonyl (C=O) groups excluding carboxylic acids is 1. The van der Waals surface area contributed by atoms with Crippen LogP contribution in [0.25, 0.3) is 0 Å². The Kier molecular flexibility index (Phi) is 4.00. The summed E-state index contributed by atoms with van der Waals surface area (Å²) in [4.78, 5) is 16.8. The number of hydrogen-bond donors (Lipinski definition) is 0. The van der Waals surface area contributed by atoms with E-state index in [0.29, 0.717) is 17.4 Å². The first kappa shape index (κ1) is 13.9. The Balaban J connectivity index is 2.00. The van der Waals surface area contributed by atoms with E-state index in [4.69, 9.17) is 0 Å². The molecule has 2 rings (SSSR count). The van der Waals surface area contributed by atoms with Crippen LogP contribution < -0.4 is 0 Å². The van der Waals surface area contributed by atoms with Crippen molar-refractivity contribution in [3.8, 4) is 0 Å². The lowest BCUT2D eigenvalue weighted by Gasteiger charge is -2.42. The summed E-state index contributed by atoms with van der Waals surface area (Å²) < 4.78 is 0. The monoisotopic (exact) mass is 252 g/mol. The van der Waals surface area contributed by atoms with Crippen LogP contribution in [-0.2, 0) is 4.79 Å². The molecule has 104 valence electrons. The van der Waals surface area contributed by atoms with Gasteiger partial charge in [-0.1, -0.05) is 13.8 Å². The molecule has 3 heteroatoms. The average molecular weight is 252 g/mol. The topological polar surface area (TPSA) is 23.6 Å². The van der Waals surface area contributed by atoms with Crippen molar-refractivity contribution in [3.63, 3.8) is 0 Å². The zero-order valence-electron chi connectivity index (χ0n) is 12.4. The molecule has 0 aromatic heterocycles. The zero-order chi connectivity index (χ0) is 13.3. The molecule has 1 unspecified atom stereocenters. The molecule has 2 fully saturated rings. The van der Waals surface area contributed by atoms with Gasteiger partial charge in [-0.25, -0.2) is 0 Å². The molecule has 2 heterocycles. The second kappa shape index (κ2) is 5.20. The van der Waals surface area contributed by atoms with Gasteiger partial charge in [0, 0.05) is 37.0 Å². The normalized spacial score (nSPS) is 29.8. The molecule has 2 aliphatic rings. The van der Waals surface area contributed by atoms with E-state index in [2.05, 4.69) is 23.6 Å². The van der Waals surface area contributed by atoms with Gasteiger partial charge in [-0.05, 0) is 39.7 Å². The Morgan fingerprint density at radius 3 is 2.39 bits per heavy atom. The quantitative estimate of drug-likeness (QED) is 0.753. The number of likely N-dealkylation sites (tertiary alicyclic amines) is 2. The highest BCUT2D eigenvalue weighted by Gasteiger charge is 2.43. The molecule has 18 heavy (non-hydrogen) atoms. The van der Waals surface area contributed by atoms with Crippen LogP contribution in [0.5, 0.6) is 0 Å². The SMILES string of the molecule is CC(C)C(=O)N1CCC2(CCCN(C(C)C)C2)C1. The molecule has 2 saturated heterocycles. The molecular formula is C15H28N2O. The highest BCUT2D eigenvalue weighted by atomic mass is 16.2. The summed E-state index contributed by atoms with van der Waals surface area (Å²) in [5.41, 5.74) is 0.396. The Labute approximate surface area is 112 Å². The third-order valence-corrected chi connectivity index (χ3v) is 4.67. The van der Waals surface area contributed by atoms with Gasteiger partial charge in [0.1, 0.15) is 0 Å². The van der Waals surface area contributed by atoms with Gasteiger partial charge in [0.2, 0.25) is 5.91 Å². The number of piperidine rings is 1. The predicted octanol–water partition coefficient (Wildman–Crippen LogP) is 2.37. The van der Waals surface area contributed by atoms with Crippen molar-refractivity contribution >= 4 is 5.91 Å². The largest absolute Gasteiger partial charge is 0.342 e. The number of amides is 1. The minimum Gasteiger partial charge on any atom is -0.342 e. The van der Waals surface area contributed by atoms with E-state index in [1.165, 1.54) is 32.4 Å². The van der Waals surface area contributed by atoms with Crippen LogP contribution in [-0.4, -0.2) is 47.9 Å². The van der Waals surface area contributed by atoms with Gasteiger partial charge in [0.05, 0.1) is 0 Å². The van der Waals surface area contributed by atoms with Crippen LogP contribution in [0.4, 0.5) is 0 Å². The smallest absolute Gasteiger partial charge is 0.225 e. The summed E-state index contributed by atoms with van der Waals surface area (Å²) in [7, 11) is 0. The Bertz CT molecular complexity index is 314. The van der Waals surface area contributed by atoms with Gasteiger partial charge in [-0.3, -0.25) is 4.79 Å². The minimum atomic E-state index is 0.143. The fourth-order valence-electron chi connectivity index (χ4n) is 3.51. The lowest BCUT2D eigenvalue weighted by molar-refractivity contribution is -0.134. The number of rotatable bonds is 2. The summed E-state index contributed by atoms with van der Waals surface area (Å²) in [6.07, 6.45) is 3.80. The van der Waals surface area contributed by atoms with E-state index in [9.17, 15) is 4.79 Å². The summed E-state index contributed by atoms with van der Waals surface area (Å²) in [5.74, 6) is 0.485. The van der Waals surface area contributed by atoms with Gasteiger partial charge in [-0.15, -0.1) is 0 Å². The molecule has 0 saturated carbocycles. The van der Waals surface area contributed by atoms with Crippen molar-refractivity contribution in [3.05, 3.63) is 0 Å². The second-order valence-corrected chi connectivity index (χ2v) is 6.83. The minimum absolute atomic E-state index is 0.143. The van der Waals surface area contributed by atoms with Crippen LogP contribution in [0.1, 0.15) is 47.0 Å². The molecule has 0 aromatic rings. The van der Waals surface area contributed by atoms with Gasteiger partial charge < -0.3 is 9.80 Å². The highest BCUT2D eigenvalue weighted by Crippen LogP contribution is 2.39. The first-order valence-electron chi connectivity index (χ1n) is 7.46. The third kappa shape index (κ3) is 2.71. The van der Waals surface area contributed by atoms with E-state index in [1.54, 1.807) is 0 Å². The molecule has 1 spiro atoms. The Hall–Kier alpha value is -0.570. The van der Waals surface area contributed by atoms with Gasteiger partial charge in [0.15, 0.2) is 0 Å². The maximum atomic E-state index is 12.1. The third-order valence-electron chi connectivity index (χ3n) is 4.67. The van der Waals surface area contributed by atoms with Crippen molar-refractivity contribution in [2.75, 3.05) is 26.2 Å². The summed E-state index contributed by atoms with van der Waals surface area (Å²) in [6.45, 7) is 13.0. The molecule has 1 amide bonds. The van der Waals surface area contributed by atoms with E-state index in [-0.39, 0.29) is 5.92 Å². The van der Waals surface area contributed by atoms with Gasteiger partial charge >= 0.3 is 0 Å². The predicted molar refractivity (Wildman–Crippen MR) is 74.4 cm³/mol. The van der Waals surface area contributed by atoms with Crippen molar-refractivity contribution in [1.29, 1.82) is 0 Å². The maximum absolute atomic E-state index is 12.1. The lowest BCUT2D eigenvalue weighted by Crippen LogP contribution is -2.48. The van der Waals surface area contributed by atoms with E-state index in [0.717, 1.165) is 13.1 Å². The van der Waals surface area contributed by atoms with Crippen LogP contribution in [0, 0.1) is 11.3 Å². The second-order valence-electron chi connectivity index (χ2n) is 6.83. The van der Waals surface area contributed by atoms with E-state index >= 15 is 0 Å². The highest BCUT2D eigenvalue weighted by molar-refractivity contribution is 5.78. The van der Waals surface area contributed by atoms with Crippen molar-refractivity contribution in [1.82, 2.24) is 9.80 Å². The fraction of sp³-hybridized carbons (Fsp3) is 0.933. The molecule has 0 N–H and O–H groups in total. The van der Waals surface area contributed by atoms with Crippen molar-refractivity contribution in [2.24, 2.45) is 11.3 Å². The molecular weight excluding hydrogens is 224 g/mol. The Morgan fingerprint density at radius 2 is 1.78 bits per heavy atom. The van der Waals surface area contributed by atoms with Gasteiger partial charge in [0.25, 0.3) is 0 Å². The molecule has 3 nitrogen and oxygen atoms in total. The van der Waals surface area contributed by atoms with Crippen LogP contribution in [0.2, 0.25) is 0 Å². The molecule has 0 radical (unpaired) electrons. The molecule has 0 aromatic carbocycles. The molecule has 2 aliphatic heterocycles. The molecule has 0 bridgehead atoms. The Morgan fingerprint density at radius 1 is 1.06 bits per heavy atom. The fourth-order valence-corrected chi connectivity index (χ4v) is 3.51.